The minimum atomic E-state index is -3.68. The van der Waals surface area contributed by atoms with E-state index in [0.717, 1.165) is 18.4 Å². The Labute approximate surface area is 200 Å². The van der Waals surface area contributed by atoms with Crippen molar-refractivity contribution in [1.82, 2.24) is 9.62 Å². The summed E-state index contributed by atoms with van der Waals surface area (Å²) in [6.07, 6.45) is 3.11. The lowest BCUT2D eigenvalue weighted by Crippen LogP contribution is -2.43. The lowest BCUT2D eigenvalue weighted by atomic mass is 9.98. The highest BCUT2D eigenvalue weighted by atomic mass is 32.2. The van der Waals surface area contributed by atoms with E-state index in [9.17, 15) is 18.0 Å². The number of sulfonamides is 1. The first-order chi connectivity index (χ1) is 16.3. The number of amides is 2. The van der Waals surface area contributed by atoms with Crippen LogP contribution in [-0.2, 0) is 19.6 Å². The Hall–Kier alpha value is -2.75. The van der Waals surface area contributed by atoms with Crippen LogP contribution in [0.1, 0.15) is 41.6 Å². The summed E-state index contributed by atoms with van der Waals surface area (Å²) in [7, 11) is -3.68. The van der Waals surface area contributed by atoms with Gasteiger partial charge in [0.05, 0.1) is 28.2 Å². The van der Waals surface area contributed by atoms with E-state index >= 15 is 0 Å². The van der Waals surface area contributed by atoms with Crippen molar-refractivity contribution in [2.24, 2.45) is 5.92 Å². The van der Waals surface area contributed by atoms with E-state index in [1.165, 1.54) is 4.31 Å². The molecule has 0 aromatic heterocycles. The van der Waals surface area contributed by atoms with Gasteiger partial charge in [-0.25, -0.2) is 8.42 Å². The number of para-hydroxylation sites is 1. The molecule has 2 fully saturated rings. The van der Waals surface area contributed by atoms with Crippen LogP contribution in [-0.4, -0.2) is 56.9 Å². The van der Waals surface area contributed by atoms with Gasteiger partial charge in [-0.3, -0.25) is 9.59 Å². The number of ether oxygens (including phenoxy) is 1. The molecule has 8 nitrogen and oxygen atoms in total. The maximum absolute atomic E-state index is 13.1. The number of rotatable bonds is 7. The fraction of sp³-hybridized carbons (Fsp3) is 0.440. The van der Waals surface area contributed by atoms with E-state index in [4.69, 9.17) is 4.74 Å². The number of nitrogens with one attached hydrogen (secondary N) is 2. The zero-order chi connectivity index (χ0) is 24.1. The van der Waals surface area contributed by atoms with Gasteiger partial charge in [-0.15, -0.1) is 0 Å². The molecule has 4 rings (SSSR count). The Balaban J connectivity index is 1.41. The Morgan fingerprint density at radius 2 is 1.82 bits per heavy atom. The lowest BCUT2D eigenvalue weighted by Gasteiger charge is -2.31. The molecular weight excluding hydrogens is 454 g/mol. The molecule has 2 N–H and O–H groups in total. The van der Waals surface area contributed by atoms with Crippen LogP contribution < -0.4 is 10.6 Å². The van der Waals surface area contributed by atoms with Crippen LogP contribution in [0.15, 0.2) is 53.4 Å². The molecule has 34 heavy (non-hydrogen) atoms. The van der Waals surface area contributed by atoms with E-state index in [2.05, 4.69) is 10.6 Å². The molecule has 2 aromatic rings. The van der Waals surface area contributed by atoms with Crippen LogP contribution in [0.3, 0.4) is 0 Å². The van der Waals surface area contributed by atoms with Gasteiger partial charge in [0, 0.05) is 26.2 Å². The van der Waals surface area contributed by atoms with Crippen LogP contribution in [0.2, 0.25) is 0 Å². The van der Waals surface area contributed by atoms with Crippen molar-refractivity contribution in [2.75, 3.05) is 31.6 Å². The van der Waals surface area contributed by atoms with Crippen molar-refractivity contribution in [2.45, 2.75) is 43.6 Å². The maximum atomic E-state index is 13.1. The minimum Gasteiger partial charge on any atom is -0.376 e. The van der Waals surface area contributed by atoms with Gasteiger partial charge in [-0.05, 0) is 56.9 Å². The topological polar surface area (TPSA) is 105 Å². The zero-order valence-corrected chi connectivity index (χ0v) is 20.1. The number of anilines is 1. The standard InChI is InChI=1S/C25H31N3O5S/c1-18-10-12-21(13-11-18)34(31,32)28-14-4-6-19(17-28)24(29)27-23-9-3-2-8-22(23)25(30)26-16-20-7-5-15-33-20/h2-3,8-13,19-20H,4-7,14-17H2,1H3,(H,26,30)(H,27,29)/t19-,20-/m1/s1. The molecule has 0 bridgehead atoms. The number of aryl methyl sites for hydroxylation is 1. The van der Waals surface area contributed by atoms with Crippen molar-refractivity contribution in [3.63, 3.8) is 0 Å². The molecule has 2 aliphatic rings. The molecule has 182 valence electrons. The van der Waals surface area contributed by atoms with Gasteiger partial charge < -0.3 is 15.4 Å². The molecule has 2 amide bonds. The van der Waals surface area contributed by atoms with Gasteiger partial charge in [0.1, 0.15) is 0 Å². The molecule has 2 saturated heterocycles. The zero-order valence-electron chi connectivity index (χ0n) is 19.3. The number of nitrogens with zero attached hydrogens (tertiary/aromatic N) is 1. The molecular formula is C25H31N3O5S. The van der Waals surface area contributed by atoms with E-state index in [1.54, 1.807) is 48.5 Å². The van der Waals surface area contributed by atoms with Crippen LogP contribution in [0, 0.1) is 12.8 Å². The third-order valence-electron chi connectivity index (χ3n) is 6.36. The van der Waals surface area contributed by atoms with Crippen molar-refractivity contribution in [3.05, 3.63) is 59.7 Å². The third-order valence-corrected chi connectivity index (χ3v) is 8.24. The van der Waals surface area contributed by atoms with Gasteiger partial charge in [0.15, 0.2) is 0 Å². The van der Waals surface area contributed by atoms with E-state index in [0.29, 0.717) is 43.8 Å². The largest absolute Gasteiger partial charge is 0.376 e. The first kappa shape index (κ1) is 24.4. The summed E-state index contributed by atoms with van der Waals surface area (Å²) in [5, 5.41) is 5.74. The first-order valence-corrected chi connectivity index (χ1v) is 13.1. The highest BCUT2D eigenvalue weighted by Gasteiger charge is 2.33. The summed E-state index contributed by atoms with van der Waals surface area (Å²) in [5.74, 6) is -1.07. The molecule has 2 heterocycles. The Kier molecular flexibility index (Phi) is 7.65. The molecule has 0 spiro atoms. The molecule has 2 aromatic carbocycles. The van der Waals surface area contributed by atoms with Crippen molar-refractivity contribution in [1.29, 1.82) is 0 Å². The number of piperidine rings is 1. The average molecular weight is 486 g/mol. The lowest BCUT2D eigenvalue weighted by molar-refractivity contribution is -0.120. The number of carbonyl (C=O) groups excluding carboxylic acids is 2. The molecule has 0 unspecified atom stereocenters. The SMILES string of the molecule is Cc1ccc(S(=O)(=O)N2CCC[C@@H](C(=O)Nc3ccccc3C(=O)NC[C@H]3CCCO3)C2)cc1. The number of carbonyl (C=O) groups is 2. The second-order valence-corrected chi connectivity index (χ2v) is 10.8. The fourth-order valence-electron chi connectivity index (χ4n) is 4.37. The molecule has 2 aliphatic heterocycles. The quantitative estimate of drug-likeness (QED) is 0.628. The van der Waals surface area contributed by atoms with Crippen molar-refractivity contribution >= 4 is 27.5 Å². The summed E-state index contributed by atoms with van der Waals surface area (Å²) in [5.41, 5.74) is 1.76. The normalized spacial score (nSPS) is 21.2. The van der Waals surface area contributed by atoms with Gasteiger partial charge in [0.2, 0.25) is 15.9 Å². The van der Waals surface area contributed by atoms with Crippen LogP contribution in [0.4, 0.5) is 5.69 Å². The Morgan fingerprint density at radius 1 is 1.06 bits per heavy atom. The smallest absolute Gasteiger partial charge is 0.253 e. The fourth-order valence-corrected chi connectivity index (χ4v) is 5.89. The van der Waals surface area contributed by atoms with Crippen LogP contribution >= 0.6 is 0 Å². The number of hydrogen-bond acceptors (Lipinski definition) is 5. The average Bonchev–Trinajstić information content (AvgIpc) is 3.37. The summed E-state index contributed by atoms with van der Waals surface area (Å²) in [6, 6.07) is 13.6. The summed E-state index contributed by atoms with van der Waals surface area (Å²) >= 11 is 0. The van der Waals surface area contributed by atoms with Gasteiger partial charge in [-0.1, -0.05) is 29.8 Å². The van der Waals surface area contributed by atoms with E-state index in [1.807, 2.05) is 6.92 Å². The molecule has 0 aliphatic carbocycles. The summed E-state index contributed by atoms with van der Waals surface area (Å²) < 4.78 is 33.1. The van der Waals surface area contributed by atoms with E-state index in [-0.39, 0.29) is 29.4 Å². The van der Waals surface area contributed by atoms with Gasteiger partial charge >= 0.3 is 0 Å². The molecule has 9 heteroatoms. The molecule has 2 atom stereocenters. The first-order valence-electron chi connectivity index (χ1n) is 11.7. The van der Waals surface area contributed by atoms with Crippen molar-refractivity contribution < 1.29 is 22.7 Å². The van der Waals surface area contributed by atoms with Crippen LogP contribution in [0.5, 0.6) is 0 Å². The Morgan fingerprint density at radius 3 is 2.56 bits per heavy atom. The third kappa shape index (κ3) is 5.65. The van der Waals surface area contributed by atoms with Gasteiger partial charge in [-0.2, -0.15) is 4.31 Å². The molecule has 0 radical (unpaired) electrons. The molecule has 0 saturated carbocycles. The van der Waals surface area contributed by atoms with E-state index < -0.39 is 15.9 Å². The monoisotopic (exact) mass is 485 g/mol. The van der Waals surface area contributed by atoms with Gasteiger partial charge in [0.25, 0.3) is 5.91 Å². The summed E-state index contributed by atoms with van der Waals surface area (Å²) in [6.45, 7) is 3.52. The highest BCUT2D eigenvalue weighted by Crippen LogP contribution is 2.26. The predicted molar refractivity (Wildman–Crippen MR) is 129 cm³/mol. The number of hydrogen-bond donors (Lipinski definition) is 2. The second kappa shape index (κ2) is 10.7. The minimum absolute atomic E-state index is 0.0226. The predicted octanol–water partition coefficient (Wildman–Crippen LogP) is 2.94. The summed E-state index contributed by atoms with van der Waals surface area (Å²) in [4.78, 5) is 26.0. The maximum Gasteiger partial charge on any atom is 0.253 e. The Bertz CT molecular complexity index is 1130. The van der Waals surface area contributed by atoms with Crippen LogP contribution in [0.25, 0.3) is 0 Å². The second-order valence-electron chi connectivity index (χ2n) is 8.90. The van der Waals surface area contributed by atoms with Crippen molar-refractivity contribution in [3.8, 4) is 0 Å². The number of benzene rings is 2. The highest BCUT2D eigenvalue weighted by molar-refractivity contribution is 7.89.